The van der Waals surface area contributed by atoms with E-state index in [0.717, 1.165) is 0 Å². The molecule has 0 atom stereocenters. The summed E-state index contributed by atoms with van der Waals surface area (Å²) >= 11 is 0. The van der Waals surface area contributed by atoms with E-state index in [4.69, 9.17) is 8.83 Å². The minimum absolute atomic E-state index is 0.137. The van der Waals surface area contributed by atoms with E-state index in [9.17, 15) is 14.4 Å². The Morgan fingerprint density at radius 3 is 2.79 bits per heavy atom. The molecule has 0 spiro atoms. The molecule has 3 heterocycles. The lowest BCUT2D eigenvalue weighted by atomic mass is 9.95. The van der Waals surface area contributed by atoms with Crippen LogP contribution in [0, 0.1) is 30.0 Å². The van der Waals surface area contributed by atoms with Crippen molar-refractivity contribution in [1.29, 1.82) is 5.26 Å². The van der Waals surface area contributed by atoms with Gasteiger partial charge in [0.2, 0.25) is 17.5 Å². The zero-order valence-electron chi connectivity index (χ0n) is 15.8. The smallest absolute Gasteiger partial charge is 0.266 e. The first-order chi connectivity index (χ1) is 14.0. The third-order valence-electron chi connectivity index (χ3n) is 5.04. The van der Waals surface area contributed by atoms with Crippen LogP contribution in [-0.2, 0) is 4.79 Å². The highest BCUT2D eigenvalue weighted by molar-refractivity contribution is 5.92. The number of nitrogens with one attached hydrogen (secondary N) is 1. The average Bonchev–Trinajstić information content (AvgIpc) is 3.40. The van der Waals surface area contributed by atoms with Crippen molar-refractivity contribution in [3.63, 3.8) is 0 Å². The van der Waals surface area contributed by atoms with Crippen molar-refractivity contribution in [2.75, 3.05) is 23.3 Å². The van der Waals surface area contributed by atoms with Gasteiger partial charge in [-0.2, -0.15) is 10.2 Å². The van der Waals surface area contributed by atoms with E-state index in [-0.39, 0.29) is 29.2 Å². The first kappa shape index (κ1) is 18.7. The maximum atomic E-state index is 13.7. The maximum Gasteiger partial charge on any atom is 0.266 e. The second kappa shape index (κ2) is 7.80. The first-order valence-corrected chi connectivity index (χ1v) is 9.32. The fourth-order valence-electron chi connectivity index (χ4n) is 3.36. The molecule has 0 saturated carbocycles. The van der Waals surface area contributed by atoms with Crippen molar-refractivity contribution in [1.82, 2.24) is 4.98 Å². The van der Waals surface area contributed by atoms with Crippen molar-refractivity contribution in [2.45, 2.75) is 19.8 Å². The summed E-state index contributed by atoms with van der Waals surface area (Å²) in [6, 6.07) is 10.1. The van der Waals surface area contributed by atoms with Gasteiger partial charge in [-0.25, -0.2) is 4.39 Å². The molecule has 1 aliphatic heterocycles. The molecule has 1 fully saturated rings. The number of benzene rings is 1. The number of piperidine rings is 1. The van der Waals surface area contributed by atoms with E-state index in [1.807, 2.05) is 11.0 Å². The predicted octanol–water partition coefficient (Wildman–Crippen LogP) is 4.11. The molecular weight excluding hydrogens is 375 g/mol. The number of carbonyl (C=O) groups excluding carboxylic acids is 1. The number of carbonyl (C=O) groups is 1. The third-order valence-corrected chi connectivity index (χ3v) is 5.04. The van der Waals surface area contributed by atoms with Crippen molar-refractivity contribution in [3.05, 3.63) is 53.7 Å². The van der Waals surface area contributed by atoms with Gasteiger partial charge in [-0.1, -0.05) is 6.07 Å². The number of oxazole rings is 1. The lowest BCUT2D eigenvalue weighted by Crippen LogP contribution is -2.38. The van der Waals surface area contributed by atoms with Gasteiger partial charge in [-0.15, -0.1) is 0 Å². The summed E-state index contributed by atoms with van der Waals surface area (Å²) in [5, 5.41) is 12.2. The highest BCUT2D eigenvalue weighted by Gasteiger charge is 2.29. The SMILES string of the molecule is Cc1ccc(NC(=O)C2CCN(c3oc(-c4ccco4)nc3C#N)CC2)cc1F. The lowest BCUT2D eigenvalue weighted by Gasteiger charge is -2.30. The average molecular weight is 394 g/mol. The molecular formula is C21H19FN4O3. The van der Waals surface area contributed by atoms with E-state index in [1.54, 1.807) is 31.2 Å². The Labute approximate surface area is 166 Å². The van der Waals surface area contributed by atoms with Crippen LogP contribution in [0.15, 0.2) is 45.4 Å². The van der Waals surface area contributed by atoms with Gasteiger partial charge in [-0.05, 0) is 49.6 Å². The molecule has 1 saturated heterocycles. The Kier molecular flexibility index (Phi) is 5.04. The van der Waals surface area contributed by atoms with Gasteiger partial charge in [0.15, 0.2) is 5.76 Å². The molecule has 1 aromatic carbocycles. The standard InChI is InChI=1S/C21H19FN4O3/c1-13-4-5-15(11-16(13)22)24-19(27)14-6-8-26(9-7-14)21-17(12-23)25-20(29-21)18-3-2-10-28-18/h2-5,10-11,14H,6-9H2,1H3,(H,24,27). The van der Waals surface area contributed by atoms with Crippen LogP contribution in [0.2, 0.25) is 0 Å². The van der Waals surface area contributed by atoms with Crippen LogP contribution >= 0.6 is 0 Å². The largest absolute Gasteiger partial charge is 0.459 e. The van der Waals surface area contributed by atoms with Crippen LogP contribution in [0.25, 0.3) is 11.7 Å². The Hall–Kier alpha value is -3.60. The summed E-state index contributed by atoms with van der Waals surface area (Å²) in [7, 11) is 0. The molecule has 1 aliphatic rings. The number of aromatic nitrogens is 1. The van der Waals surface area contributed by atoms with Gasteiger partial charge in [0.25, 0.3) is 5.89 Å². The number of aryl methyl sites for hydroxylation is 1. The van der Waals surface area contributed by atoms with Gasteiger partial charge in [-0.3, -0.25) is 4.79 Å². The number of hydrogen-bond acceptors (Lipinski definition) is 6. The van der Waals surface area contributed by atoms with Crippen LogP contribution < -0.4 is 10.2 Å². The highest BCUT2D eigenvalue weighted by Crippen LogP contribution is 2.31. The number of halogens is 1. The quantitative estimate of drug-likeness (QED) is 0.716. The van der Waals surface area contributed by atoms with E-state index in [0.29, 0.717) is 48.8 Å². The molecule has 148 valence electrons. The highest BCUT2D eigenvalue weighted by atomic mass is 19.1. The summed E-state index contributed by atoms with van der Waals surface area (Å²) in [5.41, 5.74) is 1.17. The molecule has 0 radical (unpaired) electrons. The van der Waals surface area contributed by atoms with Gasteiger partial charge < -0.3 is 19.1 Å². The summed E-state index contributed by atoms with van der Waals surface area (Å²) in [4.78, 5) is 18.6. The summed E-state index contributed by atoms with van der Waals surface area (Å²) in [5.74, 6) is 0.406. The second-order valence-electron chi connectivity index (χ2n) is 6.98. The van der Waals surface area contributed by atoms with Crippen molar-refractivity contribution < 1.29 is 18.0 Å². The maximum absolute atomic E-state index is 13.7. The number of nitriles is 1. The normalized spacial score (nSPS) is 14.6. The number of furan rings is 1. The second-order valence-corrected chi connectivity index (χ2v) is 6.98. The molecule has 1 N–H and O–H groups in total. The zero-order chi connectivity index (χ0) is 20.4. The molecule has 3 aromatic rings. The number of nitrogens with zero attached hydrogens (tertiary/aromatic N) is 3. The molecule has 0 unspecified atom stereocenters. The van der Waals surface area contributed by atoms with E-state index in [1.165, 1.54) is 12.3 Å². The summed E-state index contributed by atoms with van der Waals surface area (Å²) in [6.07, 6.45) is 2.68. The lowest BCUT2D eigenvalue weighted by molar-refractivity contribution is -0.120. The summed E-state index contributed by atoms with van der Waals surface area (Å²) in [6.45, 7) is 2.76. The van der Waals surface area contributed by atoms with Crippen LogP contribution in [0.3, 0.4) is 0 Å². The van der Waals surface area contributed by atoms with Gasteiger partial charge in [0.1, 0.15) is 11.9 Å². The Morgan fingerprint density at radius 1 is 1.34 bits per heavy atom. The Bertz CT molecular complexity index is 1060. The molecule has 0 aliphatic carbocycles. The Morgan fingerprint density at radius 2 is 2.14 bits per heavy atom. The van der Waals surface area contributed by atoms with Crippen LogP contribution in [0.5, 0.6) is 0 Å². The fraction of sp³-hybridized carbons (Fsp3) is 0.286. The van der Waals surface area contributed by atoms with Gasteiger partial charge >= 0.3 is 0 Å². The topological polar surface area (TPSA) is 95.3 Å². The Balaban J connectivity index is 1.41. The predicted molar refractivity (Wildman–Crippen MR) is 104 cm³/mol. The number of amides is 1. The van der Waals surface area contributed by atoms with Crippen LogP contribution in [-0.4, -0.2) is 24.0 Å². The molecule has 2 aromatic heterocycles. The van der Waals surface area contributed by atoms with Crippen molar-refractivity contribution in [3.8, 4) is 17.7 Å². The van der Waals surface area contributed by atoms with Crippen LogP contribution in [0.1, 0.15) is 24.1 Å². The monoisotopic (exact) mass is 394 g/mol. The van der Waals surface area contributed by atoms with Crippen molar-refractivity contribution in [2.24, 2.45) is 5.92 Å². The van der Waals surface area contributed by atoms with E-state index >= 15 is 0 Å². The molecule has 4 rings (SSSR count). The first-order valence-electron chi connectivity index (χ1n) is 9.32. The molecule has 1 amide bonds. The van der Waals surface area contributed by atoms with Crippen molar-refractivity contribution >= 4 is 17.5 Å². The minimum Gasteiger partial charge on any atom is -0.459 e. The molecule has 0 bridgehead atoms. The van der Waals surface area contributed by atoms with Gasteiger partial charge in [0.05, 0.1) is 6.26 Å². The summed E-state index contributed by atoms with van der Waals surface area (Å²) < 4.78 is 24.7. The zero-order valence-corrected chi connectivity index (χ0v) is 15.8. The third kappa shape index (κ3) is 3.85. The van der Waals surface area contributed by atoms with Crippen LogP contribution in [0.4, 0.5) is 16.0 Å². The number of hydrogen-bond donors (Lipinski definition) is 1. The number of anilines is 2. The van der Waals surface area contributed by atoms with E-state index in [2.05, 4.69) is 10.3 Å². The molecule has 7 nitrogen and oxygen atoms in total. The number of rotatable bonds is 4. The molecule has 8 heteroatoms. The van der Waals surface area contributed by atoms with E-state index < -0.39 is 0 Å². The fourth-order valence-corrected chi connectivity index (χ4v) is 3.36. The minimum atomic E-state index is -0.348. The van der Waals surface area contributed by atoms with Gasteiger partial charge in [0, 0.05) is 24.7 Å². The molecule has 29 heavy (non-hydrogen) atoms.